The van der Waals surface area contributed by atoms with Gasteiger partial charge in [0.2, 0.25) is 0 Å². The second-order valence-electron chi connectivity index (χ2n) is 7.08. The fourth-order valence-corrected chi connectivity index (χ4v) is 3.61. The SMILES string of the molecule is Cc1nc(C)c(Cc2ccccc2Cl)c(N2CCN(C(=O)N(C)C)CC2)n1. The van der Waals surface area contributed by atoms with E-state index >= 15 is 0 Å². The maximum atomic E-state index is 12.2. The molecule has 0 unspecified atom stereocenters. The van der Waals surface area contributed by atoms with Gasteiger partial charge in [-0.1, -0.05) is 29.8 Å². The number of carbonyl (C=O) groups is 1. The fourth-order valence-electron chi connectivity index (χ4n) is 3.41. The zero-order chi connectivity index (χ0) is 19.6. The minimum atomic E-state index is 0.0565. The number of hydrogen-bond acceptors (Lipinski definition) is 4. The van der Waals surface area contributed by atoms with Gasteiger partial charge in [0, 0.05) is 63.0 Å². The van der Waals surface area contributed by atoms with Gasteiger partial charge in [0.1, 0.15) is 11.6 Å². The Morgan fingerprint density at radius 2 is 1.78 bits per heavy atom. The minimum Gasteiger partial charge on any atom is -0.353 e. The maximum absolute atomic E-state index is 12.2. The van der Waals surface area contributed by atoms with Crippen molar-refractivity contribution in [1.29, 1.82) is 0 Å². The molecule has 1 saturated heterocycles. The quantitative estimate of drug-likeness (QED) is 0.811. The van der Waals surface area contributed by atoms with Crippen molar-refractivity contribution >= 4 is 23.4 Å². The molecule has 0 N–H and O–H groups in total. The topological polar surface area (TPSA) is 52.6 Å². The van der Waals surface area contributed by atoms with Crippen LogP contribution >= 0.6 is 11.6 Å². The monoisotopic (exact) mass is 387 g/mol. The third-order valence-corrected chi connectivity index (χ3v) is 5.23. The summed E-state index contributed by atoms with van der Waals surface area (Å²) >= 11 is 6.38. The molecule has 2 heterocycles. The van der Waals surface area contributed by atoms with Gasteiger partial charge in [-0.15, -0.1) is 0 Å². The lowest BCUT2D eigenvalue weighted by molar-refractivity contribution is 0.168. The van der Waals surface area contributed by atoms with E-state index in [0.29, 0.717) is 19.5 Å². The third-order valence-electron chi connectivity index (χ3n) is 4.86. The Hall–Kier alpha value is -2.34. The molecule has 1 aromatic carbocycles. The van der Waals surface area contributed by atoms with Gasteiger partial charge in [0.25, 0.3) is 0 Å². The number of anilines is 1. The Kier molecular flexibility index (Phi) is 5.85. The summed E-state index contributed by atoms with van der Waals surface area (Å²) in [7, 11) is 3.57. The summed E-state index contributed by atoms with van der Waals surface area (Å²) in [5.74, 6) is 1.72. The molecule has 3 rings (SSSR count). The van der Waals surface area contributed by atoms with E-state index in [1.54, 1.807) is 19.0 Å². The van der Waals surface area contributed by atoms with Crippen molar-refractivity contribution < 1.29 is 4.79 Å². The van der Waals surface area contributed by atoms with Crippen LogP contribution in [-0.4, -0.2) is 66.1 Å². The molecular formula is C20H26ClN5O. The van der Waals surface area contributed by atoms with E-state index in [0.717, 1.165) is 46.6 Å². The van der Waals surface area contributed by atoms with E-state index in [4.69, 9.17) is 16.6 Å². The van der Waals surface area contributed by atoms with Gasteiger partial charge >= 0.3 is 6.03 Å². The highest BCUT2D eigenvalue weighted by molar-refractivity contribution is 6.31. The average molecular weight is 388 g/mol. The van der Waals surface area contributed by atoms with E-state index in [1.807, 2.05) is 43.0 Å². The summed E-state index contributed by atoms with van der Waals surface area (Å²) < 4.78 is 0. The summed E-state index contributed by atoms with van der Waals surface area (Å²) in [6.07, 6.45) is 0.692. The number of hydrogen-bond donors (Lipinski definition) is 0. The Morgan fingerprint density at radius 3 is 2.41 bits per heavy atom. The Morgan fingerprint density at radius 1 is 1.11 bits per heavy atom. The van der Waals surface area contributed by atoms with Crippen molar-refractivity contribution in [2.24, 2.45) is 0 Å². The van der Waals surface area contributed by atoms with Crippen molar-refractivity contribution in [3.8, 4) is 0 Å². The van der Waals surface area contributed by atoms with E-state index in [1.165, 1.54) is 0 Å². The zero-order valence-electron chi connectivity index (χ0n) is 16.4. The Balaban J connectivity index is 1.86. The highest BCUT2D eigenvalue weighted by Gasteiger charge is 2.25. The van der Waals surface area contributed by atoms with Gasteiger partial charge < -0.3 is 14.7 Å². The van der Waals surface area contributed by atoms with Gasteiger partial charge in [-0.05, 0) is 25.5 Å². The summed E-state index contributed by atoms with van der Waals surface area (Å²) in [6.45, 7) is 6.82. The third kappa shape index (κ3) is 4.33. The Bertz CT molecular complexity index is 831. The molecule has 0 aliphatic carbocycles. The number of urea groups is 1. The van der Waals surface area contributed by atoms with Crippen LogP contribution in [0.3, 0.4) is 0 Å². The van der Waals surface area contributed by atoms with Crippen LogP contribution in [0.15, 0.2) is 24.3 Å². The molecule has 0 radical (unpaired) electrons. The molecule has 1 fully saturated rings. The molecule has 6 nitrogen and oxygen atoms in total. The molecule has 1 aliphatic rings. The lowest BCUT2D eigenvalue weighted by Crippen LogP contribution is -2.52. The number of piperazine rings is 1. The number of amides is 2. The van der Waals surface area contributed by atoms with Crippen LogP contribution in [-0.2, 0) is 6.42 Å². The van der Waals surface area contributed by atoms with Gasteiger partial charge in [0.15, 0.2) is 0 Å². The first kappa shape index (κ1) is 19.4. The number of benzene rings is 1. The maximum Gasteiger partial charge on any atom is 0.319 e. The summed E-state index contributed by atoms with van der Waals surface area (Å²) in [5.41, 5.74) is 3.14. The molecule has 0 atom stereocenters. The van der Waals surface area contributed by atoms with Crippen LogP contribution in [0.2, 0.25) is 5.02 Å². The lowest BCUT2D eigenvalue weighted by Gasteiger charge is -2.37. The van der Waals surface area contributed by atoms with Crippen molar-refractivity contribution in [3.05, 3.63) is 51.9 Å². The van der Waals surface area contributed by atoms with E-state index < -0.39 is 0 Å². The molecule has 0 saturated carbocycles. The molecule has 0 spiro atoms. The first-order valence-corrected chi connectivity index (χ1v) is 9.53. The number of rotatable bonds is 3. The lowest BCUT2D eigenvalue weighted by atomic mass is 10.0. The van der Waals surface area contributed by atoms with Gasteiger partial charge in [-0.25, -0.2) is 14.8 Å². The summed E-state index contributed by atoms with van der Waals surface area (Å²) in [5, 5.41) is 0.754. The van der Waals surface area contributed by atoms with E-state index in [-0.39, 0.29) is 6.03 Å². The van der Waals surface area contributed by atoms with Crippen LogP contribution in [0, 0.1) is 13.8 Å². The predicted molar refractivity (Wildman–Crippen MR) is 109 cm³/mol. The van der Waals surface area contributed by atoms with Crippen LogP contribution in [0.1, 0.15) is 22.6 Å². The first-order chi connectivity index (χ1) is 12.9. The molecule has 2 amide bonds. The zero-order valence-corrected chi connectivity index (χ0v) is 17.1. The molecule has 144 valence electrons. The van der Waals surface area contributed by atoms with Crippen molar-refractivity contribution in [3.63, 3.8) is 0 Å². The van der Waals surface area contributed by atoms with Gasteiger partial charge in [-0.2, -0.15) is 0 Å². The average Bonchev–Trinajstić information content (AvgIpc) is 2.64. The number of halogens is 1. The number of carbonyl (C=O) groups excluding carboxylic acids is 1. The highest BCUT2D eigenvalue weighted by Crippen LogP contribution is 2.27. The van der Waals surface area contributed by atoms with Crippen LogP contribution < -0.4 is 4.90 Å². The molecule has 1 aromatic heterocycles. The molecule has 7 heteroatoms. The predicted octanol–water partition coefficient (Wildman–Crippen LogP) is 3.14. The van der Waals surface area contributed by atoms with Crippen LogP contribution in [0.4, 0.5) is 10.6 Å². The second-order valence-corrected chi connectivity index (χ2v) is 7.48. The standard InChI is InChI=1S/C20H26ClN5O/c1-14-17(13-16-7-5-6-8-18(16)21)19(23-15(2)22-14)25-9-11-26(12-10-25)20(27)24(3)4/h5-8H,9-13H2,1-4H3. The summed E-state index contributed by atoms with van der Waals surface area (Å²) in [6, 6.07) is 7.94. The number of nitrogens with zero attached hydrogens (tertiary/aromatic N) is 5. The highest BCUT2D eigenvalue weighted by atomic mass is 35.5. The van der Waals surface area contributed by atoms with Crippen molar-refractivity contribution in [2.75, 3.05) is 45.2 Å². The normalized spacial score (nSPS) is 14.4. The second kappa shape index (κ2) is 8.13. The number of aryl methyl sites for hydroxylation is 2. The molecule has 0 bridgehead atoms. The molecule has 2 aromatic rings. The largest absolute Gasteiger partial charge is 0.353 e. The van der Waals surface area contributed by atoms with E-state index in [9.17, 15) is 4.79 Å². The van der Waals surface area contributed by atoms with Crippen LogP contribution in [0.25, 0.3) is 0 Å². The first-order valence-electron chi connectivity index (χ1n) is 9.15. The molecule has 27 heavy (non-hydrogen) atoms. The van der Waals surface area contributed by atoms with Crippen molar-refractivity contribution in [2.45, 2.75) is 20.3 Å². The summed E-state index contributed by atoms with van der Waals surface area (Å²) in [4.78, 5) is 27.3. The fraction of sp³-hybridized carbons (Fsp3) is 0.450. The van der Waals surface area contributed by atoms with E-state index in [2.05, 4.69) is 9.88 Å². The minimum absolute atomic E-state index is 0.0565. The smallest absolute Gasteiger partial charge is 0.319 e. The molecule has 1 aliphatic heterocycles. The van der Waals surface area contributed by atoms with Crippen LogP contribution in [0.5, 0.6) is 0 Å². The van der Waals surface area contributed by atoms with Gasteiger partial charge in [0.05, 0.1) is 0 Å². The number of aromatic nitrogens is 2. The molecular weight excluding hydrogens is 362 g/mol. The van der Waals surface area contributed by atoms with Gasteiger partial charge in [-0.3, -0.25) is 0 Å². The van der Waals surface area contributed by atoms with Crippen molar-refractivity contribution in [1.82, 2.24) is 19.8 Å². The Labute approximate surface area is 165 Å².